The van der Waals surface area contributed by atoms with E-state index in [0.29, 0.717) is 11.3 Å². The first-order chi connectivity index (χ1) is 11.0. The van der Waals surface area contributed by atoms with Crippen LogP contribution in [-0.4, -0.2) is 15.9 Å². The number of nitro benzene ring substituents is 1. The van der Waals surface area contributed by atoms with Crippen LogP contribution in [0.25, 0.3) is 10.9 Å². The van der Waals surface area contributed by atoms with Crippen LogP contribution in [-0.2, 0) is 4.74 Å². The van der Waals surface area contributed by atoms with Crippen LogP contribution in [0.1, 0.15) is 29.1 Å². The molecule has 0 aliphatic carbocycles. The number of carbonyl (C=O) groups is 1. The number of hydrogen-bond acceptors (Lipinski definition) is 4. The molecule has 116 valence electrons. The standard InChI is InChI=1S/C17H14N2O4/c1-11(12-6-4-7-14(9-12)19(21)22)23-17(20)16-10-13-5-2-3-8-15(13)18-16/h2-11,18H,1H3/t11-/m1/s1. The predicted octanol–water partition coefficient (Wildman–Crippen LogP) is 3.99. The fourth-order valence-electron chi connectivity index (χ4n) is 2.37. The van der Waals surface area contributed by atoms with Crippen molar-refractivity contribution >= 4 is 22.6 Å². The summed E-state index contributed by atoms with van der Waals surface area (Å²) in [5.74, 6) is -0.500. The third-order valence-corrected chi connectivity index (χ3v) is 3.58. The highest BCUT2D eigenvalue weighted by Crippen LogP contribution is 2.23. The normalized spacial score (nSPS) is 12.0. The van der Waals surface area contributed by atoms with Gasteiger partial charge in [0.05, 0.1) is 4.92 Å². The molecule has 1 aromatic heterocycles. The molecule has 0 radical (unpaired) electrons. The molecule has 0 saturated carbocycles. The quantitative estimate of drug-likeness (QED) is 0.448. The van der Waals surface area contributed by atoms with Crippen molar-refractivity contribution in [2.45, 2.75) is 13.0 Å². The number of esters is 1. The Labute approximate surface area is 131 Å². The molecule has 6 heteroatoms. The topological polar surface area (TPSA) is 85.2 Å². The highest BCUT2D eigenvalue weighted by molar-refractivity contribution is 5.94. The third-order valence-electron chi connectivity index (χ3n) is 3.58. The molecule has 0 amide bonds. The maximum Gasteiger partial charge on any atom is 0.355 e. The summed E-state index contributed by atoms with van der Waals surface area (Å²) in [7, 11) is 0. The Kier molecular flexibility index (Phi) is 3.80. The van der Waals surface area contributed by atoms with Gasteiger partial charge in [-0.2, -0.15) is 0 Å². The van der Waals surface area contributed by atoms with Crippen LogP contribution in [0.5, 0.6) is 0 Å². The first-order valence-corrected chi connectivity index (χ1v) is 7.07. The number of H-pyrrole nitrogens is 1. The number of ether oxygens (including phenoxy) is 1. The van der Waals surface area contributed by atoms with Gasteiger partial charge in [0.2, 0.25) is 0 Å². The van der Waals surface area contributed by atoms with E-state index in [9.17, 15) is 14.9 Å². The maximum absolute atomic E-state index is 12.2. The molecule has 0 fully saturated rings. The minimum absolute atomic E-state index is 0.0315. The number of aromatic amines is 1. The average molecular weight is 310 g/mol. The molecule has 0 unspecified atom stereocenters. The van der Waals surface area contributed by atoms with Crippen molar-refractivity contribution < 1.29 is 14.5 Å². The summed E-state index contributed by atoms with van der Waals surface area (Å²) in [6.07, 6.45) is -0.589. The van der Waals surface area contributed by atoms with E-state index in [1.54, 1.807) is 25.1 Å². The summed E-state index contributed by atoms with van der Waals surface area (Å²) >= 11 is 0. The van der Waals surface area contributed by atoms with Crippen LogP contribution in [0.15, 0.2) is 54.6 Å². The number of nitrogens with one attached hydrogen (secondary N) is 1. The van der Waals surface area contributed by atoms with Gasteiger partial charge in [0, 0.05) is 23.0 Å². The van der Waals surface area contributed by atoms with Gasteiger partial charge in [-0.25, -0.2) is 4.79 Å². The average Bonchev–Trinajstić information content (AvgIpc) is 2.99. The van der Waals surface area contributed by atoms with Crippen LogP contribution < -0.4 is 0 Å². The highest BCUT2D eigenvalue weighted by Gasteiger charge is 2.17. The molecule has 0 saturated heterocycles. The lowest BCUT2D eigenvalue weighted by atomic mass is 10.1. The van der Waals surface area contributed by atoms with Crippen molar-refractivity contribution in [3.05, 3.63) is 76.0 Å². The second-order valence-corrected chi connectivity index (χ2v) is 5.17. The molecule has 1 N–H and O–H groups in total. The predicted molar refractivity (Wildman–Crippen MR) is 85.2 cm³/mol. The zero-order chi connectivity index (χ0) is 16.4. The van der Waals surface area contributed by atoms with Crippen LogP contribution in [0.2, 0.25) is 0 Å². The SMILES string of the molecule is C[C@@H](OC(=O)c1cc2ccccc2[nH]1)c1cccc([N+](=O)[O-])c1. The van der Waals surface area contributed by atoms with Crippen molar-refractivity contribution in [1.29, 1.82) is 0 Å². The van der Waals surface area contributed by atoms with Crippen LogP contribution in [0, 0.1) is 10.1 Å². The lowest BCUT2D eigenvalue weighted by Gasteiger charge is -2.12. The van der Waals surface area contributed by atoms with E-state index in [-0.39, 0.29) is 5.69 Å². The Hall–Kier alpha value is -3.15. The minimum atomic E-state index is -0.589. The first-order valence-electron chi connectivity index (χ1n) is 7.07. The largest absolute Gasteiger partial charge is 0.453 e. The molecule has 1 heterocycles. The molecule has 1 atom stereocenters. The van der Waals surface area contributed by atoms with E-state index in [1.165, 1.54) is 12.1 Å². The lowest BCUT2D eigenvalue weighted by Crippen LogP contribution is -2.09. The number of fused-ring (bicyclic) bond motifs is 1. The number of rotatable bonds is 4. The number of para-hydroxylation sites is 1. The fraction of sp³-hybridized carbons (Fsp3) is 0.118. The number of nitrogens with zero attached hydrogens (tertiary/aromatic N) is 1. The smallest absolute Gasteiger partial charge is 0.355 e. The highest BCUT2D eigenvalue weighted by atomic mass is 16.6. The van der Waals surface area contributed by atoms with Gasteiger partial charge in [-0.15, -0.1) is 0 Å². The molecule has 0 bridgehead atoms. The molecule has 3 rings (SSSR count). The second-order valence-electron chi connectivity index (χ2n) is 5.17. The monoisotopic (exact) mass is 310 g/mol. The van der Waals surface area contributed by atoms with Gasteiger partial charge in [0.25, 0.3) is 5.69 Å². The van der Waals surface area contributed by atoms with Gasteiger partial charge in [-0.3, -0.25) is 10.1 Å². The summed E-state index contributed by atoms with van der Waals surface area (Å²) in [6, 6.07) is 15.3. The molecular weight excluding hydrogens is 296 g/mol. The van der Waals surface area contributed by atoms with Gasteiger partial charge in [-0.05, 0) is 24.6 Å². The van der Waals surface area contributed by atoms with Crippen LogP contribution >= 0.6 is 0 Å². The Balaban J connectivity index is 1.79. The summed E-state index contributed by atoms with van der Waals surface area (Å²) in [5, 5.41) is 11.7. The third kappa shape index (κ3) is 3.06. The minimum Gasteiger partial charge on any atom is -0.453 e. The second kappa shape index (κ2) is 5.92. The van der Waals surface area contributed by atoms with E-state index in [1.807, 2.05) is 24.3 Å². The van der Waals surface area contributed by atoms with Crippen LogP contribution in [0.4, 0.5) is 5.69 Å². The molecular formula is C17H14N2O4. The zero-order valence-electron chi connectivity index (χ0n) is 12.4. The van der Waals surface area contributed by atoms with Crippen molar-refractivity contribution in [2.75, 3.05) is 0 Å². The van der Waals surface area contributed by atoms with Crippen LogP contribution in [0.3, 0.4) is 0 Å². The van der Waals surface area contributed by atoms with E-state index in [2.05, 4.69) is 4.98 Å². The van der Waals surface area contributed by atoms with Crippen molar-refractivity contribution in [2.24, 2.45) is 0 Å². The molecule has 3 aromatic rings. The summed E-state index contributed by atoms with van der Waals surface area (Å²) in [4.78, 5) is 25.6. The first kappa shape index (κ1) is 14.8. The molecule has 0 spiro atoms. The van der Waals surface area contributed by atoms with Crippen molar-refractivity contribution in [3.8, 4) is 0 Å². The number of benzene rings is 2. The molecule has 23 heavy (non-hydrogen) atoms. The van der Waals surface area contributed by atoms with Crippen molar-refractivity contribution in [3.63, 3.8) is 0 Å². The van der Waals surface area contributed by atoms with Gasteiger partial charge < -0.3 is 9.72 Å². The molecule has 2 aromatic carbocycles. The Morgan fingerprint density at radius 2 is 1.96 bits per heavy atom. The summed E-state index contributed by atoms with van der Waals surface area (Å²) in [5.41, 5.74) is 1.74. The van der Waals surface area contributed by atoms with Gasteiger partial charge in [-0.1, -0.05) is 30.3 Å². The molecule has 6 nitrogen and oxygen atoms in total. The number of aromatic nitrogens is 1. The number of hydrogen-bond donors (Lipinski definition) is 1. The lowest BCUT2D eigenvalue weighted by molar-refractivity contribution is -0.385. The van der Waals surface area contributed by atoms with E-state index in [0.717, 1.165) is 10.9 Å². The fourth-order valence-corrected chi connectivity index (χ4v) is 2.37. The number of nitro groups is 1. The van der Waals surface area contributed by atoms with E-state index >= 15 is 0 Å². The Morgan fingerprint density at radius 3 is 2.70 bits per heavy atom. The van der Waals surface area contributed by atoms with Crippen molar-refractivity contribution in [1.82, 2.24) is 4.98 Å². The molecule has 0 aliphatic rings. The zero-order valence-corrected chi connectivity index (χ0v) is 12.4. The van der Waals surface area contributed by atoms with Gasteiger partial charge in [0.1, 0.15) is 11.8 Å². The maximum atomic E-state index is 12.2. The Bertz CT molecular complexity index is 852. The Morgan fingerprint density at radius 1 is 1.17 bits per heavy atom. The van der Waals surface area contributed by atoms with E-state index < -0.39 is 17.0 Å². The molecule has 0 aliphatic heterocycles. The van der Waals surface area contributed by atoms with E-state index in [4.69, 9.17) is 4.74 Å². The number of carbonyl (C=O) groups excluding carboxylic acids is 1. The summed E-state index contributed by atoms with van der Waals surface area (Å²) in [6.45, 7) is 1.68. The van der Waals surface area contributed by atoms with Gasteiger partial charge >= 0.3 is 5.97 Å². The van der Waals surface area contributed by atoms with Gasteiger partial charge in [0.15, 0.2) is 0 Å². The number of non-ortho nitro benzene ring substituents is 1. The summed E-state index contributed by atoms with van der Waals surface area (Å²) < 4.78 is 5.39.